The summed E-state index contributed by atoms with van der Waals surface area (Å²) in [7, 11) is 0. The van der Waals surface area contributed by atoms with Crippen molar-refractivity contribution in [3.8, 4) is 0 Å². The standard InChI is InChI=1S/C11H20N2O2/c1-11(8-15-9-11)7-12-10(14)13-5-3-2-4-6-13/h2-9H2,1H3,(H,12,14). The lowest BCUT2D eigenvalue weighted by Gasteiger charge is -2.38. The molecule has 0 radical (unpaired) electrons. The lowest BCUT2D eigenvalue weighted by Crippen LogP contribution is -2.52. The maximum Gasteiger partial charge on any atom is 0.317 e. The van der Waals surface area contributed by atoms with E-state index in [4.69, 9.17) is 4.74 Å². The van der Waals surface area contributed by atoms with Crippen molar-refractivity contribution < 1.29 is 9.53 Å². The van der Waals surface area contributed by atoms with Crippen LogP contribution in [-0.4, -0.2) is 43.8 Å². The SMILES string of the molecule is CC1(CNC(=O)N2CCCCC2)COC1. The van der Waals surface area contributed by atoms with Gasteiger partial charge in [0.25, 0.3) is 0 Å². The Morgan fingerprint density at radius 3 is 2.53 bits per heavy atom. The molecule has 2 amide bonds. The predicted octanol–water partition coefficient (Wildman–Crippen LogP) is 1.22. The van der Waals surface area contributed by atoms with Crippen LogP contribution in [0.2, 0.25) is 0 Å². The number of ether oxygens (including phenoxy) is 1. The molecular formula is C11H20N2O2. The van der Waals surface area contributed by atoms with E-state index < -0.39 is 0 Å². The summed E-state index contributed by atoms with van der Waals surface area (Å²) < 4.78 is 5.15. The first-order valence-corrected chi connectivity index (χ1v) is 5.80. The number of nitrogens with zero attached hydrogens (tertiary/aromatic N) is 1. The molecule has 4 nitrogen and oxygen atoms in total. The van der Waals surface area contributed by atoms with Crippen LogP contribution in [0.5, 0.6) is 0 Å². The minimum Gasteiger partial charge on any atom is -0.380 e. The summed E-state index contributed by atoms with van der Waals surface area (Å²) in [4.78, 5) is 13.7. The average Bonchev–Trinajstić information content (AvgIpc) is 2.24. The number of hydrogen-bond donors (Lipinski definition) is 1. The Morgan fingerprint density at radius 1 is 1.33 bits per heavy atom. The summed E-state index contributed by atoms with van der Waals surface area (Å²) in [6.45, 7) is 6.26. The van der Waals surface area contributed by atoms with Crippen LogP contribution in [0.3, 0.4) is 0 Å². The van der Waals surface area contributed by atoms with Crippen LogP contribution >= 0.6 is 0 Å². The zero-order chi connectivity index (χ0) is 10.7. The van der Waals surface area contributed by atoms with Gasteiger partial charge in [0.05, 0.1) is 13.2 Å². The summed E-state index contributed by atoms with van der Waals surface area (Å²) in [5.41, 5.74) is 0.172. The van der Waals surface area contributed by atoms with Gasteiger partial charge >= 0.3 is 6.03 Å². The zero-order valence-corrected chi connectivity index (χ0v) is 9.42. The second-order valence-corrected chi connectivity index (χ2v) is 5.01. The van der Waals surface area contributed by atoms with Crippen molar-refractivity contribution in [3.63, 3.8) is 0 Å². The van der Waals surface area contributed by atoms with Crippen molar-refractivity contribution in [2.45, 2.75) is 26.2 Å². The van der Waals surface area contributed by atoms with Crippen molar-refractivity contribution in [1.82, 2.24) is 10.2 Å². The second kappa shape index (κ2) is 4.39. The fraction of sp³-hybridized carbons (Fsp3) is 0.909. The number of likely N-dealkylation sites (tertiary alicyclic amines) is 1. The monoisotopic (exact) mass is 212 g/mol. The van der Waals surface area contributed by atoms with Crippen molar-refractivity contribution in [1.29, 1.82) is 0 Å². The predicted molar refractivity (Wildman–Crippen MR) is 57.7 cm³/mol. The molecule has 2 fully saturated rings. The number of piperidine rings is 1. The second-order valence-electron chi connectivity index (χ2n) is 5.01. The minimum atomic E-state index is 0.0998. The maximum atomic E-state index is 11.8. The van der Waals surface area contributed by atoms with Gasteiger partial charge in [-0.15, -0.1) is 0 Å². The molecule has 0 atom stereocenters. The highest BCUT2D eigenvalue weighted by atomic mass is 16.5. The molecule has 1 N–H and O–H groups in total. The Morgan fingerprint density at radius 2 is 2.00 bits per heavy atom. The van der Waals surface area contributed by atoms with Crippen LogP contribution in [0.1, 0.15) is 26.2 Å². The largest absolute Gasteiger partial charge is 0.380 e. The van der Waals surface area contributed by atoms with Crippen LogP contribution in [0.25, 0.3) is 0 Å². The van der Waals surface area contributed by atoms with E-state index in [1.807, 2.05) is 4.90 Å². The molecule has 0 aliphatic carbocycles. The average molecular weight is 212 g/mol. The molecule has 0 spiro atoms. The number of nitrogens with one attached hydrogen (secondary N) is 1. The van der Waals surface area contributed by atoms with Crippen LogP contribution < -0.4 is 5.32 Å². The van der Waals surface area contributed by atoms with E-state index in [2.05, 4.69) is 12.2 Å². The van der Waals surface area contributed by atoms with Gasteiger partial charge in [0.1, 0.15) is 0 Å². The molecule has 2 rings (SSSR count). The van der Waals surface area contributed by atoms with Crippen molar-refractivity contribution in [3.05, 3.63) is 0 Å². The van der Waals surface area contributed by atoms with Gasteiger partial charge in [-0.1, -0.05) is 6.92 Å². The van der Waals surface area contributed by atoms with Crippen LogP contribution in [-0.2, 0) is 4.74 Å². The topological polar surface area (TPSA) is 41.6 Å². The smallest absolute Gasteiger partial charge is 0.317 e. The third kappa shape index (κ3) is 2.62. The van der Waals surface area contributed by atoms with Gasteiger partial charge in [-0.05, 0) is 19.3 Å². The number of hydrogen-bond acceptors (Lipinski definition) is 2. The molecule has 0 aromatic heterocycles. The summed E-state index contributed by atoms with van der Waals surface area (Å²) in [6, 6.07) is 0.0998. The summed E-state index contributed by atoms with van der Waals surface area (Å²) in [5.74, 6) is 0. The molecule has 0 bridgehead atoms. The molecule has 2 aliphatic rings. The number of rotatable bonds is 2. The lowest BCUT2D eigenvalue weighted by molar-refractivity contribution is -0.0978. The summed E-state index contributed by atoms with van der Waals surface area (Å²) >= 11 is 0. The lowest BCUT2D eigenvalue weighted by atomic mass is 9.89. The zero-order valence-electron chi connectivity index (χ0n) is 9.42. The van der Waals surface area contributed by atoms with Gasteiger partial charge in [-0.2, -0.15) is 0 Å². The van der Waals surface area contributed by atoms with Gasteiger partial charge in [0.2, 0.25) is 0 Å². The van der Waals surface area contributed by atoms with Gasteiger partial charge in [0.15, 0.2) is 0 Å². The fourth-order valence-corrected chi connectivity index (χ4v) is 2.05. The fourth-order valence-electron chi connectivity index (χ4n) is 2.05. The Kier molecular flexibility index (Phi) is 3.14. The molecule has 2 heterocycles. The molecule has 2 aliphatic heterocycles. The highest BCUT2D eigenvalue weighted by Crippen LogP contribution is 2.25. The molecular weight excluding hydrogens is 192 g/mol. The summed E-state index contributed by atoms with van der Waals surface area (Å²) in [5, 5.41) is 3.00. The highest BCUT2D eigenvalue weighted by Gasteiger charge is 2.34. The van der Waals surface area contributed by atoms with E-state index in [1.54, 1.807) is 0 Å². The first-order chi connectivity index (χ1) is 7.20. The van der Waals surface area contributed by atoms with Gasteiger partial charge in [-0.3, -0.25) is 0 Å². The normalized spacial score (nSPS) is 24.5. The third-order valence-corrected chi connectivity index (χ3v) is 3.21. The summed E-state index contributed by atoms with van der Waals surface area (Å²) in [6.07, 6.45) is 3.55. The Balaban J connectivity index is 1.71. The number of carbonyl (C=O) groups is 1. The quantitative estimate of drug-likeness (QED) is 0.747. The first-order valence-electron chi connectivity index (χ1n) is 5.80. The number of amides is 2. The molecule has 0 aromatic carbocycles. The van der Waals surface area contributed by atoms with Crippen LogP contribution in [0.15, 0.2) is 0 Å². The van der Waals surface area contributed by atoms with Crippen molar-refractivity contribution in [2.24, 2.45) is 5.41 Å². The van der Waals surface area contributed by atoms with Crippen LogP contribution in [0.4, 0.5) is 4.79 Å². The van der Waals surface area contributed by atoms with E-state index in [1.165, 1.54) is 6.42 Å². The molecule has 15 heavy (non-hydrogen) atoms. The third-order valence-electron chi connectivity index (χ3n) is 3.21. The Bertz CT molecular complexity index is 233. The van der Waals surface area contributed by atoms with Crippen molar-refractivity contribution >= 4 is 6.03 Å². The van der Waals surface area contributed by atoms with E-state index in [0.717, 1.165) is 45.7 Å². The molecule has 86 valence electrons. The molecule has 0 aromatic rings. The van der Waals surface area contributed by atoms with E-state index in [-0.39, 0.29) is 11.4 Å². The first kappa shape index (κ1) is 10.7. The molecule has 4 heteroatoms. The molecule has 0 unspecified atom stereocenters. The maximum absolute atomic E-state index is 11.8. The Labute approximate surface area is 91.0 Å². The van der Waals surface area contributed by atoms with E-state index in [0.29, 0.717) is 0 Å². The van der Waals surface area contributed by atoms with Crippen molar-refractivity contribution in [2.75, 3.05) is 32.8 Å². The molecule has 2 saturated heterocycles. The van der Waals surface area contributed by atoms with Crippen LogP contribution in [0, 0.1) is 5.41 Å². The van der Waals surface area contributed by atoms with Gasteiger partial charge in [-0.25, -0.2) is 4.79 Å². The van der Waals surface area contributed by atoms with E-state index in [9.17, 15) is 4.79 Å². The molecule has 0 saturated carbocycles. The van der Waals surface area contributed by atoms with E-state index >= 15 is 0 Å². The Hall–Kier alpha value is -0.770. The number of urea groups is 1. The highest BCUT2D eigenvalue weighted by molar-refractivity contribution is 5.74. The van der Waals surface area contributed by atoms with Gasteiger partial charge in [0, 0.05) is 25.0 Å². The van der Waals surface area contributed by atoms with Gasteiger partial charge < -0.3 is 15.0 Å². The minimum absolute atomic E-state index is 0.0998. The number of carbonyl (C=O) groups excluding carboxylic acids is 1.